The maximum Gasteiger partial charge on any atom is 0.191 e. The molecular weight excluding hydrogens is 358 g/mol. The minimum atomic E-state index is 0.413. The van der Waals surface area contributed by atoms with E-state index in [0.717, 1.165) is 15.7 Å². The van der Waals surface area contributed by atoms with Crippen molar-refractivity contribution in [1.82, 2.24) is 5.43 Å². The largest absolute Gasteiger partial charge is 0.331 e. The second kappa shape index (κ2) is 7.38. The molecular formula is C14H11BrClN3S. The van der Waals surface area contributed by atoms with Crippen molar-refractivity contribution in [2.45, 2.75) is 0 Å². The molecule has 0 spiro atoms. The fourth-order valence-electron chi connectivity index (χ4n) is 1.43. The zero-order valence-electron chi connectivity index (χ0n) is 10.3. The second-order valence-electron chi connectivity index (χ2n) is 3.85. The molecule has 0 atom stereocenters. The summed E-state index contributed by atoms with van der Waals surface area (Å²) in [5.74, 6) is 0. The van der Waals surface area contributed by atoms with Gasteiger partial charge in [-0.2, -0.15) is 5.10 Å². The quantitative estimate of drug-likeness (QED) is 0.478. The van der Waals surface area contributed by atoms with Gasteiger partial charge in [0.25, 0.3) is 0 Å². The monoisotopic (exact) mass is 367 g/mol. The number of thiocarbonyl (C=S) groups is 1. The van der Waals surface area contributed by atoms with E-state index in [1.165, 1.54) is 0 Å². The predicted molar refractivity (Wildman–Crippen MR) is 92.5 cm³/mol. The summed E-state index contributed by atoms with van der Waals surface area (Å²) < 4.78 is 0.974. The van der Waals surface area contributed by atoms with Gasteiger partial charge in [-0.3, -0.25) is 5.43 Å². The minimum Gasteiger partial charge on any atom is -0.331 e. The van der Waals surface area contributed by atoms with Gasteiger partial charge in [0.15, 0.2) is 5.11 Å². The summed E-state index contributed by atoms with van der Waals surface area (Å²) >= 11 is 14.4. The molecule has 0 saturated carbocycles. The molecule has 0 bridgehead atoms. The van der Waals surface area contributed by atoms with Crippen LogP contribution in [0.15, 0.2) is 58.1 Å². The van der Waals surface area contributed by atoms with E-state index in [1.807, 2.05) is 36.4 Å². The van der Waals surface area contributed by atoms with Crippen LogP contribution in [0.25, 0.3) is 0 Å². The van der Waals surface area contributed by atoms with E-state index in [2.05, 4.69) is 31.8 Å². The van der Waals surface area contributed by atoms with E-state index in [-0.39, 0.29) is 0 Å². The standard InChI is InChI=1S/C14H11BrClN3S/c15-13-4-2-1-3-10(13)9-17-19-14(20)18-12-7-5-11(16)6-8-12/h1-9H,(H2,18,19,20)/b17-9+. The lowest BCUT2D eigenvalue weighted by Gasteiger charge is -2.06. The lowest BCUT2D eigenvalue weighted by molar-refractivity contribution is 1.05. The highest BCUT2D eigenvalue weighted by atomic mass is 79.9. The molecule has 0 aliphatic rings. The Bertz CT molecular complexity index is 629. The Morgan fingerprint density at radius 2 is 1.85 bits per heavy atom. The molecule has 2 aromatic rings. The van der Waals surface area contributed by atoms with Crippen LogP contribution in [0.1, 0.15) is 5.56 Å². The summed E-state index contributed by atoms with van der Waals surface area (Å²) in [7, 11) is 0. The Morgan fingerprint density at radius 1 is 1.15 bits per heavy atom. The van der Waals surface area contributed by atoms with Crippen LogP contribution in [0, 0.1) is 0 Å². The van der Waals surface area contributed by atoms with Crippen molar-refractivity contribution in [3.05, 3.63) is 63.6 Å². The maximum atomic E-state index is 5.81. The molecule has 0 unspecified atom stereocenters. The SMILES string of the molecule is S=C(N/N=C/c1ccccc1Br)Nc1ccc(Cl)cc1. The molecule has 102 valence electrons. The van der Waals surface area contributed by atoms with Gasteiger partial charge >= 0.3 is 0 Å². The zero-order valence-corrected chi connectivity index (χ0v) is 13.5. The summed E-state index contributed by atoms with van der Waals surface area (Å²) in [6.07, 6.45) is 1.69. The first-order chi connectivity index (χ1) is 9.65. The fourth-order valence-corrected chi connectivity index (χ4v) is 2.12. The number of halogens is 2. The van der Waals surface area contributed by atoms with E-state index < -0.39 is 0 Å². The summed E-state index contributed by atoms with van der Waals surface area (Å²) in [5, 5.41) is 8.18. The number of benzene rings is 2. The third kappa shape index (κ3) is 4.59. The van der Waals surface area contributed by atoms with E-state index in [9.17, 15) is 0 Å². The number of hydrogen-bond donors (Lipinski definition) is 2. The first-order valence-corrected chi connectivity index (χ1v) is 7.33. The van der Waals surface area contributed by atoms with Gasteiger partial charge in [-0.15, -0.1) is 0 Å². The molecule has 0 aliphatic carbocycles. The molecule has 20 heavy (non-hydrogen) atoms. The number of rotatable bonds is 3. The molecule has 3 nitrogen and oxygen atoms in total. The van der Waals surface area contributed by atoms with E-state index in [4.69, 9.17) is 23.8 Å². The fraction of sp³-hybridized carbons (Fsp3) is 0. The molecule has 0 aromatic heterocycles. The first-order valence-electron chi connectivity index (χ1n) is 5.75. The number of nitrogens with zero attached hydrogens (tertiary/aromatic N) is 1. The van der Waals surface area contributed by atoms with Crippen LogP contribution < -0.4 is 10.7 Å². The van der Waals surface area contributed by atoms with Crippen molar-refractivity contribution in [3.8, 4) is 0 Å². The molecule has 0 radical (unpaired) electrons. The lowest BCUT2D eigenvalue weighted by atomic mass is 10.2. The Morgan fingerprint density at radius 3 is 2.55 bits per heavy atom. The van der Waals surface area contributed by atoms with E-state index in [1.54, 1.807) is 18.3 Å². The van der Waals surface area contributed by atoms with Crippen molar-refractivity contribution in [3.63, 3.8) is 0 Å². The van der Waals surface area contributed by atoms with Crippen molar-refractivity contribution in [2.75, 3.05) is 5.32 Å². The molecule has 2 N–H and O–H groups in total. The molecule has 6 heteroatoms. The van der Waals surface area contributed by atoms with E-state index in [0.29, 0.717) is 10.1 Å². The summed E-state index contributed by atoms with van der Waals surface area (Å²) in [6, 6.07) is 15.0. The van der Waals surface area contributed by atoms with Crippen molar-refractivity contribution in [1.29, 1.82) is 0 Å². The van der Waals surface area contributed by atoms with Gasteiger partial charge in [0, 0.05) is 20.7 Å². The Balaban J connectivity index is 1.89. The van der Waals surface area contributed by atoms with Gasteiger partial charge < -0.3 is 5.32 Å². The van der Waals surface area contributed by atoms with Gasteiger partial charge in [0.2, 0.25) is 0 Å². The maximum absolute atomic E-state index is 5.81. The third-order valence-electron chi connectivity index (χ3n) is 2.38. The molecule has 0 aliphatic heterocycles. The van der Waals surface area contributed by atoms with Gasteiger partial charge in [-0.25, -0.2) is 0 Å². The Kier molecular flexibility index (Phi) is 5.52. The Labute approximate surface area is 136 Å². The van der Waals surface area contributed by atoms with Crippen LogP contribution >= 0.6 is 39.7 Å². The van der Waals surface area contributed by atoms with Crippen LogP contribution in [0.5, 0.6) is 0 Å². The summed E-state index contributed by atoms with van der Waals surface area (Å²) in [6.45, 7) is 0. The molecule has 0 fully saturated rings. The van der Waals surface area contributed by atoms with Crippen molar-refractivity contribution < 1.29 is 0 Å². The molecule has 0 amide bonds. The van der Waals surface area contributed by atoms with Crippen LogP contribution in [-0.4, -0.2) is 11.3 Å². The number of anilines is 1. The third-order valence-corrected chi connectivity index (χ3v) is 3.54. The number of hydrogen-bond acceptors (Lipinski definition) is 2. The highest BCUT2D eigenvalue weighted by Gasteiger charge is 1.97. The minimum absolute atomic E-state index is 0.413. The second-order valence-corrected chi connectivity index (χ2v) is 5.55. The van der Waals surface area contributed by atoms with E-state index >= 15 is 0 Å². The molecule has 2 aromatic carbocycles. The summed E-state index contributed by atoms with van der Waals surface area (Å²) in [4.78, 5) is 0. The topological polar surface area (TPSA) is 36.4 Å². The highest BCUT2D eigenvalue weighted by molar-refractivity contribution is 9.10. The van der Waals surface area contributed by atoms with Crippen molar-refractivity contribution >= 4 is 56.8 Å². The van der Waals surface area contributed by atoms with Gasteiger partial charge in [-0.1, -0.05) is 45.7 Å². The summed E-state index contributed by atoms with van der Waals surface area (Å²) in [5.41, 5.74) is 4.57. The lowest BCUT2D eigenvalue weighted by Crippen LogP contribution is -2.23. The zero-order chi connectivity index (χ0) is 14.4. The van der Waals surface area contributed by atoms with Crippen LogP contribution in [0.3, 0.4) is 0 Å². The average molecular weight is 369 g/mol. The first kappa shape index (κ1) is 15.0. The molecule has 0 saturated heterocycles. The van der Waals surface area contributed by atoms with Crippen molar-refractivity contribution in [2.24, 2.45) is 5.10 Å². The molecule has 2 rings (SSSR count). The highest BCUT2D eigenvalue weighted by Crippen LogP contribution is 2.14. The number of hydrazone groups is 1. The Hall–Kier alpha value is -1.43. The van der Waals surface area contributed by atoms with Crippen LogP contribution in [0.2, 0.25) is 5.02 Å². The smallest absolute Gasteiger partial charge is 0.191 e. The predicted octanol–water partition coefficient (Wildman–Crippen LogP) is 4.42. The molecule has 0 heterocycles. The normalized spacial score (nSPS) is 10.5. The van der Waals surface area contributed by atoms with Crippen LogP contribution in [-0.2, 0) is 0 Å². The van der Waals surface area contributed by atoms with Crippen LogP contribution in [0.4, 0.5) is 5.69 Å². The van der Waals surface area contributed by atoms with Gasteiger partial charge in [-0.05, 0) is 42.5 Å². The van der Waals surface area contributed by atoms with Gasteiger partial charge in [0.1, 0.15) is 0 Å². The average Bonchev–Trinajstić information content (AvgIpc) is 2.43. The number of nitrogens with one attached hydrogen (secondary N) is 2. The van der Waals surface area contributed by atoms with Gasteiger partial charge in [0.05, 0.1) is 6.21 Å².